The fourth-order valence-electron chi connectivity index (χ4n) is 2.06. The van der Waals surface area contributed by atoms with Crippen LogP contribution in [0.15, 0.2) is 18.3 Å². The minimum Gasteiger partial charge on any atom is -0.376 e. The van der Waals surface area contributed by atoms with Crippen LogP contribution in [-0.4, -0.2) is 34.7 Å². The van der Waals surface area contributed by atoms with Crippen LogP contribution in [0.1, 0.15) is 13.3 Å². The van der Waals surface area contributed by atoms with Gasteiger partial charge in [0.15, 0.2) is 0 Å². The first-order valence-electron chi connectivity index (χ1n) is 5.86. The van der Waals surface area contributed by atoms with Crippen molar-refractivity contribution in [1.29, 1.82) is 0 Å². The van der Waals surface area contributed by atoms with Crippen molar-refractivity contribution in [2.45, 2.75) is 31.5 Å². The molecule has 0 amide bonds. The maximum atomic E-state index is 10.8. The number of aromatic nitrogens is 1. The SMILES string of the molecule is CCOC1CC(N)C1Nc1cccnc1[N+](=O)[O-]. The molecule has 0 radical (unpaired) electrons. The molecule has 1 heterocycles. The first-order chi connectivity index (χ1) is 8.63. The average molecular weight is 252 g/mol. The van der Waals surface area contributed by atoms with Gasteiger partial charge in [-0.15, -0.1) is 0 Å². The van der Waals surface area contributed by atoms with Crippen molar-refractivity contribution in [2.24, 2.45) is 5.73 Å². The van der Waals surface area contributed by atoms with Crippen LogP contribution >= 0.6 is 0 Å². The van der Waals surface area contributed by atoms with E-state index in [9.17, 15) is 10.1 Å². The Balaban J connectivity index is 2.11. The molecular formula is C11H16N4O3. The van der Waals surface area contributed by atoms with E-state index in [4.69, 9.17) is 10.5 Å². The van der Waals surface area contributed by atoms with Gasteiger partial charge in [0.05, 0.1) is 12.1 Å². The molecule has 98 valence electrons. The summed E-state index contributed by atoms with van der Waals surface area (Å²) < 4.78 is 5.50. The number of nitrogens with zero attached hydrogens (tertiary/aromatic N) is 2. The molecule has 0 aliphatic heterocycles. The third kappa shape index (κ3) is 2.41. The van der Waals surface area contributed by atoms with Gasteiger partial charge in [0.25, 0.3) is 0 Å². The van der Waals surface area contributed by atoms with Gasteiger partial charge in [-0.3, -0.25) is 0 Å². The van der Waals surface area contributed by atoms with Gasteiger partial charge >= 0.3 is 5.82 Å². The molecular weight excluding hydrogens is 236 g/mol. The molecule has 0 aromatic carbocycles. The molecule has 7 nitrogen and oxygen atoms in total. The van der Waals surface area contributed by atoms with Crippen LogP contribution in [0.2, 0.25) is 0 Å². The highest BCUT2D eigenvalue weighted by Crippen LogP contribution is 2.29. The largest absolute Gasteiger partial charge is 0.386 e. The number of hydrogen-bond donors (Lipinski definition) is 2. The van der Waals surface area contributed by atoms with E-state index in [1.165, 1.54) is 6.20 Å². The van der Waals surface area contributed by atoms with Gasteiger partial charge in [0.1, 0.15) is 11.9 Å². The van der Waals surface area contributed by atoms with Crippen molar-refractivity contribution in [2.75, 3.05) is 11.9 Å². The normalized spacial score (nSPS) is 26.4. The Kier molecular flexibility index (Phi) is 3.73. The van der Waals surface area contributed by atoms with Crippen molar-refractivity contribution in [3.05, 3.63) is 28.4 Å². The average Bonchev–Trinajstić information content (AvgIpc) is 2.36. The second-order valence-corrected chi connectivity index (χ2v) is 4.20. The summed E-state index contributed by atoms with van der Waals surface area (Å²) in [7, 11) is 0. The molecule has 1 aromatic rings. The molecule has 1 fully saturated rings. The van der Waals surface area contributed by atoms with E-state index >= 15 is 0 Å². The summed E-state index contributed by atoms with van der Waals surface area (Å²) in [5, 5.41) is 13.9. The summed E-state index contributed by atoms with van der Waals surface area (Å²) in [6, 6.07) is 3.11. The molecule has 0 saturated heterocycles. The van der Waals surface area contributed by atoms with Gasteiger partial charge in [0.2, 0.25) is 0 Å². The summed E-state index contributed by atoms with van der Waals surface area (Å²) in [5.74, 6) is -0.188. The highest BCUT2D eigenvalue weighted by molar-refractivity contribution is 5.58. The fraction of sp³-hybridized carbons (Fsp3) is 0.545. The number of anilines is 1. The number of hydrogen-bond acceptors (Lipinski definition) is 6. The molecule has 3 unspecified atom stereocenters. The Labute approximate surface area is 104 Å². The zero-order chi connectivity index (χ0) is 13.1. The van der Waals surface area contributed by atoms with E-state index in [1.807, 2.05) is 6.92 Å². The van der Waals surface area contributed by atoms with Gasteiger partial charge in [-0.05, 0) is 35.4 Å². The van der Waals surface area contributed by atoms with E-state index in [-0.39, 0.29) is 24.0 Å². The first-order valence-corrected chi connectivity index (χ1v) is 5.86. The number of nitrogens with one attached hydrogen (secondary N) is 1. The molecule has 7 heteroatoms. The standard InChI is InChI=1S/C11H16N4O3/c1-2-18-9-6-7(12)10(9)14-8-4-3-5-13-11(8)15(16)17/h3-5,7,9-10,14H,2,6,12H2,1H3. The Morgan fingerprint density at radius 2 is 2.50 bits per heavy atom. The summed E-state index contributed by atoms with van der Waals surface area (Å²) in [4.78, 5) is 14.1. The van der Waals surface area contributed by atoms with Crippen LogP contribution in [-0.2, 0) is 4.74 Å². The maximum Gasteiger partial charge on any atom is 0.386 e. The predicted molar refractivity (Wildman–Crippen MR) is 66.3 cm³/mol. The number of nitrogens with two attached hydrogens (primary N) is 1. The van der Waals surface area contributed by atoms with E-state index in [0.717, 1.165) is 6.42 Å². The third-order valence-corrected chi connectivity index (χ3v) is 3.03. The number of pyridine rings is 1. The molecule has 18 heavy (non-hydrogen) atoms. The highest BCUT2D eigenvalue weighted by atomic mass is 16.6. The summed E-state index contributed by atoms with van der Waals surface area (Å²) in [6.07, 6.45) is 2.16. The van der Waals surface area contributed by atoms with Crippen molar-refractivity contribution in [3.8, 4) is 0 Å². The van der Waals surface area contributed by atoms with Gasteiger partial charge < -0.3 is 25.9 Å². The molecule has 2 rings (SSSR count). The number of ether oxygens (including phenoxy) is 1. The second-order valence-electron chi connectivity index (χ2n) is 4.20. The molecule has 1 aromatic heterocycles. The van der Waals surface area contributed by atoms with Crippen LogP contribution in [0.25, 0.3) is 0 Å². The van der Waals surface area contributed by atoms with Crippen molar-refractivity contribution < 1.29 is 9.66 Å². The third-order valence-electron chi connectivity index (χ3n) is 3.03. The lowest BCUT2D eigenvalue weighted by atomic mass is 9.83. The lowest BCUT2D eigenvalue weighted by Gasteiger charge is -2.42. The minimum atomic E-state index is -0.512. The smallest absolute Gasteiger partial charge is 0.376 e. The Hall–Kier alpha value is -1.73. The van der Waals surface area contributed by atoms with Crippen molar-refractivity contribution >= 4 is 11.5 Å². The predicted octanol–water partition coefficient (Wildman–Crippen LogP) is 0.906. The van der Waals surface area contributed by atoms with E-state index in [0.29, 0.717) is 12.3 Å². The second kappa shape index (κ2) is 5.28. The van der Waals surface area contributed by atoms with Crippen LogP contribution in [0.4, 0.5) is 11.5 Å². The molecule has 1 aliphatic carbocycles. The summed E-state index contributed by atoms with van der Waals surface area (Å²) >= 11 is 0. The fourth-order valence-corrected chi connectivity index (χ4v) is 2.06. The quantitative estimate of drug-likeness (QED) is 0.596. The van der Waals surface area contributed by atoms with Gasteiger partial charge in [-0.25, -0.2) is 0 Å². The topological polar surface area (TPSA) is 103 Å². The molecule has 3 N–H and O–H groups in total. The minimum absolute atomic E-state index is 0.00445. The molecule has 0 bridgehead atoms. The van der Waals surface area contributed by atoms with Crippen LogP contribution in [0, 0.1) is 10.1 Å². The van der Waals surface area contributed by atoms with Crippen molar-refractivity contribution in [3.63, 3.8) is 0 Å². The highest BCUT2D eigenvalue weighted by Gasteiger charge is 2.40. The van der Waals surface area contributed by atoms with Gasteiger partial charge in [-0.2, -0.15) is 0 Å². The Morgan fingerprint density at radius 3 is 3.11 bits per heavy atom. The van der Waals surface area contributed by atoms with E-state index in [2.05, 4.69) is 10.3 Å². The number of nitro groups is 1. The molecule has 0 spiro atoms. The monoisotopic (exact) mass is 252 g/mol. The van der Waals surface area contributed by atoms with Crippen molar-refractivity contribution in [1.82, 2.24) is 4.98 Å². The Bertz CT molecular complexity index is 438. The van der Waals surface area contributed by atoms with Crippen LogP contribution < -0.4 is 11.1 Å². The van der Waals surface area contributed by atoms with Crippen LogP contribution in [0.5, 0.6) is 0 Å². The van der Waals surface area contributed by atoms with Gasteiger partial charge in [-0.1, -0.05) is 0 Å². The lowest BCUT2D eigenvalue weighted by Crippen LogP contribution is -2.60. The van der Waals surface area contributed by atoms with E-state index in [1.54, 1.807) is 12.1 Å². The molecule has 1 saturated carbocycles. The van der Waals surface area contributed by atoms with Gasteiger partial charge in [0, 0.05) is 12.6 Å². The molecule has 3 atom stereocenters. The first kappa shape index (κ1) is 12.7. The summed E-state index contributed by atoms with van der Waals surface area (Å²) in [5.41, 5.74) is 6.27. The zero-order valence-corrected chi connectivity index (χ0v) is 10.1. The van der Waals surface area contributed by atoms with E-state index < -0.39 is 4.92 Å². The van der Waals surface area contributed by atoms with Crippen LogP contribution in [0.3, 0.4) is 0 Å². The molecule has 1 aliphatic rings. The lowest BCUT2D eigenvalue weighted by molar-refractivity contribution is -0.388. The number of rotatable bonds is 5. The maximum absolute atomic E-state index is 10.8. The summed E-state index contributed by atoms with van der Waals surface area (Å²) in [6.45, 7) is 2.51. The Morgan fingerprint density at radius 1 is 1.72 bits per heavy atom. The zero-order valence-electron chi connectivity index (χ0n) is 10.1.